The second-order valence-corrected chi connectivity index (χ2v) is 17.6. The Morgan fingerprint density at radius 2 is 1.47 bits per heavy atom. The lowest BCUT2D eigenvalue weighted by molar-refractivity contribution is -0.138. The summed E-state index contributed by atoms with van der Waals surface area (Å²) in [7, 11) is 5.23. The maximum Gasteiger partial charge on any atom is 0.407 e. The molecule has 0 bridgehead atoms. The summed E-state index contributed by atoms with van der Waals surface area (Å²) in [6.45, 7) is 2.74. The number of amides is 3. The molecule has 3 N–H and O–H groups in total. The predicted molar refractivity (Wildman–Crippen MR) is 242 cm³/mol. The van der Waals surface area contributed by atoms with Gasteiger partial charge in [0.15, 0.2) is 0 Å². The van der Waals surface area contributed by atoms with Crippen LogP contribution in [-0.4, -0.2) is 106 Å². The first-order chi connectivity index (χ1) is 31.2. The number of alkyl carbamates (subject to hydrolysis) is 1. The maximum atomic E-state index is 14.1. The molecule has 0 saturated carbocycles. The second kappa shape index (κ2) is 17.6. The van der Waals surface area contributed by atoms with Gasteiger partial charge in [-0.25, -0.2) is 14.8 Å². The number of imidazole rings is 2. The molecule has 64 heavy (non-hydrogen) atoms. The van der Waals surface area contributed by atoms with E-state index in [0.717, 1.165) is 98.8 Å². The predicted octanol–water partition coefficient (Wildman–Crippen LogP) is 7.96. The molecule has 6 heterocycles. The number of fused-ring (bicyclic) bond motifs is 4. The summed E-state index contributed by atoms with van der Waals surface area (Å²) in [6, 6.07) is 27.7. The minimum Gasteiger partial charge on any atom is -0.487 e. The molecule has 0 spiro atoms. The molecule has 6 aromatic rings. The van der Waals surface area contributed by atoms with E-state index in [4.69, 9.17) is 24.2 Å². The van der Waals surface area contributed by atoms with Crippen LogP contribution in [-0.2, 0) is 25.7 Å². The molecule has 4 unspecified atom stereocenters. The molecule has 4 aliphatic rings. The van der Waals surface area contributed by atoms with E-state index in [1.54, 1.807) is 0 Å². The monoisotopic (exact) mass is 862 g/mol. The van der Waals surface area contributed by atoms with Crippen LogP contribution in [0.2, 0.25) is 0 Å². The van der Waals surface area contributed by atoms with Gasteiger partial charge in [-0.3, -0.25) is 14.5 Å². The Morgan fingerprint density at radius 1 is 0.797 bits per heavy atom. The fourth-order valence-electron chi connectivity index (χ4n) is 10.2. The third-order valence-corrected chi connectivity index (χ3v) is 13.5. The minimum absolute atomic E-state index is 0.0345. The number of benzene rings is 4. The van der Waals surface area contributed by atoms with Crippen LogP contribution < -0.4 is 10.1 Å². The van der Waals surface area contributed by atoms with E-state index in [9.17, 15) is 14.4 Å². The number of carbonyl (C=O) groups is 3. The van der Waals surface area contributed by atoms with Crippen molar-refractivity contribution in [2.24, 2.45) is 5.92 Å². The highest BCUT2D eigenvalue weighted by atomic mass is 16.5. The Labute approximate surface area is 372 Å². The molecule has 14 nitrogen and oxygen atoms in total. The van der Waals surface area contributed by atoms with Gasteiger partial charge in [-0.2, -0.15) is 0 Å². The Bertz CT molecular complexity index is 2690. The lowest BCUT2D eigenvalue weighted by Crippen LogP contribution is -2.53. The van der Waals surface area contributed by atoms with E-state index in [2.05, 4.69) is 69.9 Å². The number of hydrogen-bond donors (Lipinski definition) is 3. The number of aromatic nitrogens is 4. The number of aromatic amines is 2. The molecule has 2 aromatic heterocycles. The molecule has 4 aliphatic heterocycles. The van der Waals surface area contributed by atoms with Crippen LogP contribution in [0.4, 0.5) is 4.79 Å². The highest BCUT2D eigenvalue weighted by Crippen LogP contribution is 2.42. The van der Waals surface area contributed by atoms with E-state index < -0.39 is 12.1 Å². The van der Waals surface area contributed by atoms with Crippen molar-refractivity contribution in [3.8, 4) is 39.4 Å². The van der Waals surface area contributed by atoms with Crippen molar-refractivity contribution in [1.82, 2.24) is 40.0 Å². The molecule has 14 heteroatoms. The lowest BCUT2D eigenvalue weighted by Gasteiger charge is -2.34. The van der Waals surface area contributed by atoms with Crippen LogP contribution in [0, 0.1) is 5.92 Å². The van der Waals surface area contributed by atoms with Gasteiger partial charge in [0.25, 0.3) is 0 Å². The molecule has 10 rings (SSSR count). The number of methoxy groups -OCH3 is 1. The number of likely N-dealkylation sites (N-methyl/N-ethyl adjacent to an activating group) is 1. The first kappa shape index (κ1) is 41.5. The van der Waals surface area contributed by atoms with Gasteiger partial charge in [0.1, 0.15) is 36.1 Å². The zero-order valence-electron chi connectivity index (χ0n) is 36.5. The number of rotatable bonds is 10. The average Bonchev–Trinajstić information content (AvgIpc) is 4.17. The van der Waals surface area contributed by atoms with Crippen molar-refractivity contribution in [3.05, 3.63) is 114 Å². The van der Waals surface area contributed by atoms with Crippen LogP contribution in [0.15, 0.2) is 91.1 Å². The summed E-state index contributed by atoms with van der Waals surface area (Å²) in [5, 5.41) is 5.05. The number of ether oxygens (including phenoxy) is 3. The molecular formula is C50H54N8O6. The van der Waals surface area contributed by atoms with E-state index in [0.29, 0.717) is 45.8 Å². The molecule has 4 atom stereocenters. The number of likely N-dealkylation sites (tertiary alicyclic amines) is 2. The molecule has 330 valence electrons. The van der Waals surface area contributed by atoms with Crippen molar-refractivity contribution in [3.63, 3.8) is 0 Å². The van der Waals surface area contributed by atoms with Crippen molar-refractivity contribution < 1.29 is 28.6 Å². The highest BCUT2D eigenvalue weighted by molar-refractivity contribution is 5.91. The van der Waals surface area contributed by atoms with Crippen LogP contribution in [0.3, 0.4) is 0 Å². The van der Waals surface area contributed by atoms with Gasteiger partial charge in [0.05, 0.1) is 42.5 Å². The smallest absolute Gasteiger partial charge is 0.407 e. The zero-order valence-corrected chi connectivity index (χ0v) is 36.5. The summed E-state index contributed by atoms with van der Waals surface area (Å²) in [4.78, 5) is 63.3. The zero-order chi connectivity index (χ0) is 43.9. The molecule has 3 amide bonds. The number of carbonyl (C=O) groups excluding carboxylic acids is 3. The van der Waals surface area contributed by atoms with Gasteiger partial charge in [-0.1, -0.05) is 60.7 Å². The van der Waals surface area contributed by atoms with Crippen molar-refractivity contribution >= 4 is 28.7 Å². The van der Waals surface area contributed by atoms with Crippen molar-refractivity contribution in [2.45, 2.75) is 69.3 Å². The van der Waals surface area contributed by atoms with Gasteiger partial charge in [-0.05, 0) is 110 Å². The van der Waals surface area contributed by atoms with Gasteiger partial charge in [0, 0.05) is 37.4 Å². The number of nitrogens with zero attached hydrogens (tertiary/aromatic N) is 5. The third-order valence-electron chi connectivity index (χ3n) is 13.5. The third kappa shape index (κ3) is 7.89. The Morgan fingerprint density at radius 3 is 2.20 bits per heavy atom. The lowest BCUT2D eigenvalue weighted by atomic mass is 9.90. The second-order valence-electron chi connectivity index (χ2n) is 17.6. The minimum atomic E-state index is -0.694. The average molecular weight is 863 g/mol. The fourth-order valence-corrected chi connectivity index (χ4v) is 10.2. The topological polar surface area (TPSA) is 158 Å². The summed E-state index contributed by atoms with van der Waals surface area (Å²) in [5.41, 5.74) is 7.66. The van der Waals surface area contributed by atoms with Crippen LogP contribution in [0.25, 0.3) is 44.4 Å². The van der Waals surface area contributed by atoms with Crippen molar-refractivity contribution in [1.29, 1.82) is 0 Å². The first-order valence-electron chi connectivity index (χ1n) is 22.4. The summed E-state index contributed by atoms with van der Waals surface area (Å²) in [6.07, 6.45) is 6.06. The largest absolute Gasteiger partial charge is 0.487 e. The Kier molecular flexibility index (Phi) is 11.4. The SMILES string of the molecule is COC(=O)NC(C(=O)N1CCCC1c1nc2c([nH]1)COc1cc(-c3ccc4cc(-c5cnc(C6CCCN6C(=O)C(c6ccccc6)N(C)C)[nH]5)ccc4c3)ccc1-2)C1CCOCC1. The number of nitrogens with one attached hydrogen (secondary N) is 3. The number of hydrogen-bond acceptors (Lipinski definition) is 9. The molecule has 0 radical (unpaired) electrons. The van der Waals surface area contributed by atoms with E-state index in [1.165, 1.54) is 7.11 Å². The van der Waals surface area contributed by atoms with Gasteiger partial charge < -0.3 is 39.3 Å². The fraction of sp³-hybridized carbons (Fsp3) is 0.380. The molecule has 3 fully saturated rings. The highest BCUT2D eigenvalue weighted by Gasteiger charge is 2.41. The van der Waals surface area contributed by atoms with Crippen molar-refractivity contribution in [2.75, 3.05) is 47.5 Å². The molecule has 3 saturated heterocycles. The molecular weight excluding hydrogens is 809 g/mol. The first-order valence-corrected chi connectivity index (χ1v) is 22.4. The van der Waals surface area contributed by atoms with E-state index in [-0.39, 0.29) is 35.9 Å². The maximum absolute atomic E-state index is 14.1. The summed E-state index contributed by atoms with van der Waals surface area (Å²) in [5.74, 6) is 2.25. The summed E-state index contributed by atoms with van der Waals surface area (Å²) < 4.78 is 16.8. The van der Waals surface area contributed by atoms with Gasteiger partial charge in [-0.15, -0.1) is 0 Å². The number of H-pyrrole nitrogens is 2. The molecule has 0 aliphatic carbocycles. The standard InChI is InChI=1S/C50H54N8O6/c1-56(2)45(31-9-5-4-6-10-31)49(60)58-22-7-11-40(58)46-51-28-38(52-46)36-16-15-32-25-33(13-14-34(32)26-36)35-17-18-37-42(27-35)64-29-39-44(37)54-47(53-39)41-12-8-21-57(41)48(59)43(55-50(61)62-3)30-19-23-63-24-20-30/h4-6,9-10,13-18,25-28,30,40-41,43,45H,7-8,11-12,19-24,29H2,1-3H3,(H,51,52)(H,53,54)(H,55,61). The van der Waals surface area contributed by atoms with E-state index in [1.807, 2.05) is 65.3 Å². The normalized spacial score (nSPS) is 19.6. The van der Waals surface area contributed by atoms with Gasteiger partial charge in [0.2, 0.25) is 11.8 Å². The molecule has 4 aromatic carbocycles. The quantitative estimate of drug-likeness (QED) is 0.124. The van der Waals surface area contributed by atoms with E-state index >= 15 is 0 Å². The Balaban J connectivity index is 0.844. The van der Waals surface area contributed by atoms with Crippen LogP contribution in [0.1, 0.15) is 79.6 Å². The van der Waals surface area contributed by atoms with Crippen LogP contribution in [0.5, 0.6) is 5.75 Å². The van der Waals surface area contributed by atoms with Crippen LogP contribution >= 0.6 is 0 Å². The van der Waals surface area contributed by atoms with Gasteiger partial charge >= 0.3 is 6.09 Å². The summed E-state index contributed by atoms with van der Waals surface area (Å²) >= 11 is 0. The Hall–Kier alpha value is -6.51.